The monoisotopic (exact) mass is 217 g/mol. The van der Waals surface area contributed by atoms with Crippen molar-refractivity contribution in [2.45, 2.75) is 0 Å². The van der Waals surface area contributed by atoms with Crippen LogP contribution < -0.4 is 10.5 Å². The molecule has 2 aromatic carbocycles. The standard InChI is InChI=1S/C13H12FNO/c1-16-11-4-2-3-9(7-11)10-5-6-12(14)13(15)8-10/h2-8H,15H2,1H3. The van der Waals surface area contributed by atoms with Gasteiger partial charge in [0.25, 0.3) is 0 Å². The molecular weight excluding hydrogens is 205 g/mol. The maximum atomic E-state index is 13.0. The second-order valence-electron chi connectivity index (χ2n) is 3.47. The van der Waals surface area contributed by atoms with Gasteiger partial charge in [0.2, 0.25) is 0 Å². The second kappa shape index (κ2) is 4.23. The number of anilines is 1. The zero-order valence-corrected chi connectivity index (χ0v) is 8.91. The van der Waals surface area contributed by atoms with Gasteiger partial charge in [0.15, 0.2) is 0 Å². The lowest BCUT2D eigenvalue weighted by Gasteiger charge is -2.06. The molecule has 2 aromatic rings. The summed E-state index contributed by atoms with van der Waals surface area (Å²) in [6, 6.07) is 12.2. The van der Waals surface area contributed by atoms with E-state index in [1.54, 1.807) is 19.2 Å². The highest BCUT2D eigenvalue weighted by molar-refractivity contribution is 5.68. The molecule has 3 heteroatoms. The van der Waals surface area contributed by atoms with E-state index in [4.69, 9.17) is 10.5 Å². The molecule has 82 valence electrons. The topological polar surface area (TPSA) is 35.2 Å². The third-order valence-corrected chi connectivity index (χ3v) is 2.40. The van der Waals surface area contributed by atoms with Crippen LogP contribution in [-0.4, -0.2) is 7.11 Å². The lowest BCUT2D eigenvalue weighted by atomic mass is 10.0. The Morgan fingerprint density at radius 2 is 1.81 bits per heavy atom. The van der Waals surface area contributed by atoms with Crippen LogP contribution in [0.3, 0.4) is 0 Å². The number of ether oxygens (including phenoxy) is 1. The molecule has 0 atom stereocenters. The molecule has 0 spiro atoms. The van der Waals surface area contributed by atoms with E-state index in [9.17, 15) is 4.39 Å². The lowest BCUT2D eigenvalue weighted by molar-refractivity contribution is 0.415. The number of nitrogens with two attached hydrogens (primary N) is 1. The van der Waals surface area contributed by atoms with E-state index in [2.05, 4.69) is 0 Å². The van der Waals surface area contributed by atoms with Crippen LogP contribution in [0.5, 0.6) is 5.75 Å². The Balaban J connectivity index is 2.46. The summed E-state index contributed by atoms with van der Waals surface area (Å²) in [6.07, 6.45) is 0. The summed E-state index contributed by atoms with van der Waals surface area (Å²) in [6.45, 7) is 0. The van der Waals surface area contributed by atoms with Crippen molar-refractivity contribution in [3.05, 3.63) is 48.3 Å². The van der Waals surface area contributed by atoms with Crippen LogP contribution in [0.1, 0.15) is 0 Å². The first-order chi connectivity index (χ1) is 7.70. The fourth-order valence-corrected chi connectivity index (χ4v) is 1.53. The molecule has 0 fully saturated rings. The minimum atomic E-state index is -0.397. The predicted molar refractivity (Wildman–Crippen MR) is 62.8 cm³/mol. The molecule has 2 rings (SSSR count). The van der Waals surface area contributed by atoms with E-state index in [1.165, 1.54) is 6.07 Å². The minimum Gasteiger partial charge on any atom is -0.497 e. The molecule has 0 saturated carbocycles. The fourth-order valence-electron chi connectivity index (χ4n) is 1.53. The summed E-state index contributed by atoms with van der Waals surface area (Å²) in [7, 11) is 1.61. The molecule has 2 nitrogen and oxygen atoms in total. The first-order valence-electron chi connectivity index (χ1n) is 4.90. The first kappa shape index (κ1) is 10.5. The Hall–Kier alpha value is -2.03. The average Bonchev–Trinajstić information content (AvgIpc) is 2.33. The van der Waals surface area contributed by atoms with E-state index in [0.717, 1.165) is 16.9 Å². The van der Waals surface area contributed by atoms with Gasteiger partial charge in [-0.15, -0.1) is 0 Å². The first-order valence-corrected chi connectivity index (χ1v) is 4.90. The third kappa shape index (κ3) is 1.98. The molecule has 0 amide bonds. The summed E-state index contributed by atoms with van der Waals surface area (Å²) in [5.41, 5.74) is 7.50. The summed E-state index contributed by atoms with van der Waals surface area (Å²) < 4.78 is 18.1. The van der Waals surface area contributed by atoms with Gasteiger partial charge >= 0.3 is 0 Å². The highest BCUT2D eigenvalue weighted by atomic mass is 19.1. The highest BCUT2D eigenvalue weighted by Gasteiger charge is 2.03. The minimum absolute atomic E-state index is 0.153. The van der Waals surface area contributed by atoms with Gasteiger partial charge in [-0.05, 0) is 35.4 Å². The lowest BCUT2D eigenvalue weighted by Crippen LogP contribution is -1.91. The molecule has 2 N–H and O–H groups in total. The van der Waals surface area contributed by atoms with Crippen LogP contribution >= 0.6 is 0 Å². The van der Waals surface area contributed by atoms with Crippen molar-refractivity contribution in [3.8, 4) is 16.9 Å². The van der Waals surface area contributed by atoms with Gasteiger partial charge in [-0.25, -0.2) is 4.39 Å². The van der Waals surface area contributed by atoms with Crippen molar-refractivity contribution in [1.82, 2.24) is 0 Å². The smallest absolute Gasteiger partial charge is 0.146 e. The SMILES string of the molecule is COc1cccc(-c2ccc(F)c(N)c2)c1. The van der Waals surface area contributed by atoms with E-state index in [1.807, 2.05) is 24.3 Å². The molecule has 0 heterocycles. The molecule has 0 aliphatic rings. The summed E-state index contributed by atoms with van der Waals surface area (Å²) in [5.74, 6) is 0.368. The summed E-state index contributed by atoms with van der Waals surface area (Å²) in [5, 5.41) is 0. The van der Waals surface area contributed by atoms with Crippen molar-refractivity contribution in [1.29, 1.82) is 0 Å². The molecule has 0 unspecified atom stereocenters. The Morgan fingerprint density at radius 1 is 1.06 bits per heavy atom. The van der Waals surface area contributed by atoms with Crippen LogP contribution in [-0.2, 0) is 0 Å². The van der Waals surface area contributed by atoms with Crippen LogP contribution in [0.2, 0.25) is 0 Å². The molecule has 16 heavy (non-hydrogen) atoms. The van der Waals surface area contributed by atoms with Gasteiger partial charge < -0.3 is 10.5 Å². The van der Waals surface area contributed by atoms with Crippen molar-refractivity contribution in [3.63, 3.8) is 0 Å². The van der Waals surface area contributed by atoms with Crippen LogP contribution in [0.4, 0.5) is 10.1 Å². The molecule has 0 aromatic heterocycles. The Labute approximate surface area is 93.5 Å². The predicted octanol–water partition coefficient (Wildman–Crippen LogP) is 3.08. The van der Waals surface area contributed by atoms with Gasteiger partial charge in [-0.1, -0.05) is 18.2 Å². The Morgan fingerprint density at radius 3 is 2.50 bits per heavy atom. The van der Waals surface area contributed by atoms with Gasteiger partial charge in [-0.2, -0.15) is 0 Å². The number of halogens is 1. The Bertz CT molecular complexity index is 511. The van der Waals surface area contributed by atoms with Crippen LogP contribution in [0, 0.1) is 5.82 Å². The van der Waals surface area contributed by atoms with Gasteiger partial charge in [0, 0.05) is 0 Å². The van der Waals surface area contributed by atoms with Crippen LogP contribution in [0.25, 0.3) is 11.1 Å². The number of benzene rings is 2. The van der Waals surface area contributed by atoms with E-state index in [-0.39, 0.29) is 5.69 Å². The van der Waals surface area contributed by atoms with Crippen molar-refractivity contribution >= 4 is 5.69 Å². The fraction of sp³-hybridized carbons (Fsp3) is 0.0769. The average molecular weight is 217 g/mol. The number of methoxy groups -OCH3 is 1. The zero-order chi connectivity index (χ0) is 11.5. The maximum absolute atomic E-state index is 13.0. The highest BCUT2D eigenvalue weighted by Crippen LogP contribution is 2.26. The molecule has 0 bridgehead atoms. The molecule has 0 aliphatic heterocycles. The van der Waals surface area contributed by atoms with Gasteiger partial charge in [0.05, 0.1) is 12.8 Å². The number of hydrogen-bond donors (Lipinski definition) is 1. The number of rotatable bonds is 2. The van der Waals surface area contributed by atoms with Crippen molar-refractivity contribution < 1.29 is 9.13 Å². The van der Waals surface area contributed by atoms with E-state index >= 15 is 0 Å². The molecular formula is C13H12FNO. The molecule has 0 aliphatic carbocycles. The summed E-state index contributed by atoms with van der Waals surface area (Å²) in [4.78, 5) is 0. The third-order valence-electron chi connectivity index (χ3n) is 2.40. The zero-order valence-electron chi connectivity index (χ0n) is 8.91. The van der Waals surface area contributed by atoms with Gasteiger partial charge in [0.1, 0.15) is 11.6 Å². The molecule has 0 radical (unpaired) electrons. The maximum Gasteiger partial charge on any atom is 0.146 e. The normalized spacial score (nSPS) is 10.1. The second-order valence-corrected chi connectivity index (χ2v) is 3.47. The quantitative estimate of drug-likeness (QED) is 0.784. The van der Waals surface area contributed by atoms with E-state index < -0.39 is 5.82 Å². The largest absolute Gasteiger partial charge is 0.497 e. The number of hydrogen-bond acceptors (Lipinski definition) is 2. The Kier molecular flexibility index (Phi) is 2.77. The van der Waals surface area contributed by atoms with Crippen LogP contribution in [0.15, 0.2) is 42.5 Å². The van der Waals surface area contributed by atoms with Crippen molar-refractivity contribution in [2.75, 3.05) is 12.8 Å². The van der Waals surface area contributed by atoms with Crippen molar-refractivity contribution in [2.24, 2.45) is 0 Å². The summed E-state index contributed by atoms with van der Waals surface area (Å²) >= 11 is 0. The van der Waals surface area contributed by atoms with E-state index in [0.29, 0.717) is 0 Å². The molecule has 0 saturated heterocycles. The number of nitrogen functional groups attached to an aromatic ring is 1. The van der Waals surface area contributed by atoms with Gasteiger partial charge in [-0.3, -0.25) is 0 Å².